The molecule has 3 N–H and O–H groups in total. The van der Waals surface area contributed by atoms with E-state index in [0.717, 1.165) is 41.6 Å². The zero-order chi connectivity index (χ0) is 32.4. The average Bonchev–Trinajstić information content (AvgIpc) is 3.50. The van der Waals surface area contributed by atoms with Gasteiger partial charge in [-0.3, -0.25) is 10.1 Å². The van der Waals surface area contributed by atoms with Crippen molar-refractivity contribution in [1.29, 1.82) is 5.41 Å². The van der Waals surface area contributed by atoms with Crippen LogP contribution in [0.25, 0.3) is 11.1 Å². The van der Waals surface area contributed by atoms with Crippen molar-refractivity contribution < 1.29 is 8.78 Å². The van der Waals surface area contributed by atoms with Crippen molar-refractivity contribution in [3.05, 3.63) is 59.7 Å². The molecule has 1 aromatic carbocycles. The summed E-state index contributed by atoms with van der Waals surface area (Å²) in [6.45, 7) is 12.5. The maximum Gasteiger partial charge on any atom is 0.264 e. The molecule has 0 unspecified atom stereocenters. The summed E-state index contributed by atoms with van der Waals surface area (Å²) < 4.78 is 30.7. The molecule has 0 atom stereocenters. The largest absolute Gasteiger partial charge is 0.385 e. The SMILES string of the molecule is C=CN1CCC(NC2CCC(C3CCC4(CC3)CNC4)CC2)=C(C(=N)N(CC)c2cc(C(F)F)c(-c3cnn(C)c3)cc2CC)C1. The molecule has 2 aliphatic carbocycles. The van der Waals surface area contributed by atoms with E-state index >= 15 is 0 Å². The van der Waals surface area contributed by atoms with Crippen molar-refractivity contribution in [2.75, 3.05) is 37.6 Å². The Morgan fingerprint density at radius 3 is 2.43 bits per heavy atom. The fraction of sp³-hybridized carbons (Fsp3) is 0.622. The first-order chi connectivity index (χ1) is 22.2. The van der Waals surface area contributed by atoms with Gasteiger partial charge < -0.3 is 20.4 Å². The van der Waals surface area contributed by atoms with E-state index in [-0.39, 0.29) is 5.56 Å². The Labute approximate surface area is 274 Å². The van der Waals surface area contributed by atoms with Crippen LogP contribution in [-0.4, -0.2) is 59.3 Å². The second kappa shape index (κ2) is 13.9. The molecule has 7 nitrogen and oxygen atoms in total. The molecule has 9 heteroatoms. The Morgan fingerprint density at radius 1 is 1.15 bits per heavy atom. The van der Waals surface area contributed by atoms with Gasteiger partial charge in [0.25, 0.3) is 6.43 Å². The quantitative estimate of drug-likeness (QED) is 0.188. The number of anilines is 1. The number of aryl methyl sites for hydroxylation is 2. The van der Waals surface area contributed by atoms with Gasteiger partial charge in [0, 0.05) is 86.5 Å². The Bertz CT molecular complexity index is 1420. The minimum absolute atomic E-state index is 0.0237. The van der Waals surface area contributed by atoms with E-state index in [1.165, 1.54) is 64.5 Å². The molecule has 3 heterocycles. The lowest BCUT2D eigenvalue weighted by Gasteiger charge is -2.49. The first-order valence-electron chi connectivity index (χ1n) is 17.6. The van der Waals surface area contributed by atoms with Gasteiger partial charge in [-0.2, -0.15) is 5.10 Å². The molecular formula is C37H53F2N7. The summed E-state index contributed by atoms with van der Waals surface area (Å²) in [5, 5.41) is 21.2. The highest BCUT2D eigenvalue weighted by molar-refractivity contribution is 6.09. The van der Waals surface area contributed by atoms with Gasteiger partial charge in [-0.05, 0) is 111 Å². The van der Waals surface area contributed by atoms with Gasteiger partial charge in [-0.25, -0.2) is 8.78 Å². The van der Waals surface area contributed by atoms with Gasteiger partial charge in [-0.15, -0.1) is 0 Å². The summed E-state index contributed by atoms with van der Waals surface area (Å²) in [5.74, 6) is 2.12. The molecule has 46 heavy (non-hydrogen) atoms. The molecule has 2 aliphatic heterocycles. The number of halogens is 2. The van der Waals surface area contributed by atoms with Crippen molar-refractivity contribution in [1.82, 2.24) is 25.3 Å². The van der Waals surface area contributed by atoms with Crippen molar-refractivity contribution in [2.24, 2.45) is 24.3 Å². The van der Waals surface area contributed by atoms with Crippen LogP contribution in [0.15, 0.2) is 48.6 Å². The molecule has 1 spiro atoms. The highest BCUT2D eigenvalue weighted by Crippen LogP contribution is 2.47. The van der Waals surface area contributed by atoms with Gasteiger partial charge >= 0.3 is 0 Å². The molecule has 3 fully saturated rings. The van der Waals surface area contributed by atoms with Gasteiger partial charge in [0.2, 0.25) is 0 Å². The van der Waals surface area contributed by atoms with Gasteiger partial charge in [0.15, 0.2) is 0 Å². The fourth-order valence-electron chi connectivity index (χ4n) is 8.64. The molecule has 2 saturated carbocycles. The maximum atomic E-state index is 14.5. The van der Waals surface area contributed by atoms with Gasteiger partial charge in [0.05, 0.1) is 6.20 Å². The van der Waals surface area contributed by atoms with E-state index in [4.69, 9.17) is 0 Å². The predicted octanol–water partition coefficient (Wildman–Crippen LogP) is 7.42. The summed E-state index contributed by atoms with van der Waals surface area (Å²) in [6, 6.07) is 3.91. The average molecular weight is 634 g/mol. The number of nitrogens with one attached hydrogen (secondary N) is 3. The molecule has 6 rings (SSSR count). The normalized spacial score (nSPS) is 23.5. The molecule has 250 valence electrons. The molecule has 4 aliphatic rings. The third-order valence-electron chi connectivity index (χ3n) is 11.6. The lowest BCUT2D eigenvalue weighted by molar-refractivity contribution is 0.0540. The minimum atomic E-state index is -2.64. The highest BCUT2D eigenvalue weighted by Gasteiger charge is 2.42. The number of rotatable bonds is 10. The van der Waals surface area contributed by atoms with Crippen LogP contribution in [0.5, 0.6) is 0 Å². The van der Waals surface area contributed by atoms with Crippen LogP contribution in [-0.2, 0) is 13.5 Å². The monoisotopic (exact) mass is 633 g/mol. The number of hydrogen-bond acceptors (Lipinski definition) is 5. The van der Waals surface area contributed by atoms with Crippen LogP contribution >= 0.6 is 0 Å². The lowest BCUT2D eigenvalue weighted by atomic mass is 9.63. The first kappa shape index (κ1) is 32.7. The summed E-state index contributed by atoms with van der Waals surface area (Å²) in [5.41, 5.74) is 5.50. The van der Waals surface area contributed by atoms with Crippen LogP contribution in [0.3, 0.4) is 0 Å². The molecule has 0 bridgehead atoms. The summed E-state index contributed by atoms with van der Waals surface area (Å²) >= 11 is 0. The van der Waals surface area contributed by atoms with E-state index < -0.39 is 6.43 Å². The van der Waals surface area contributed by atoms with Gasteiger partial charge in [-0.1, -0.05) is 13.5 Å². The topological polar surface area (TPSA) is 72.2 Å². The molecule has 1 saturated heterocycles. The van der Waals surface area contributed by atoms with E-state index in [2.05, 4.69) is 27.2 Å². The summed E-state index contributed by atoms with van der Waals surface area (Å²) in [6.07, 6.45) is 14.6. The van der Waals surface area contributed by atoms with E-state index in [0.29, 0.717) is 53.6 Å². The number of likely N-dealkylation sites (N-methyl/N-ethyl adjacent to an activating group) is 1. The minimum Gasteiger partial charge on any atom is -0.385 e. The summed E-state index contributed by atoms with van der Waals surface area (Å²) in [7, 11) is 1.79. The molecule has 2 aromatic rings. The molecule has 0 radical (unpaired) electrons. The fourth-order valence-corrected chi connectivity index (χ4v) is 8.64. The van der Waals surface area contributed by atoms with Crippen molar-refractivity contribution in [3.8, 4) is 11.1 Å². The zero-order valence-corrected chi connectivity index (χ0v) is 28.1. The second-order valence-corrected chi connectivity index (χ2v) is 14.3. The van der Waals surface area contributed by atoms with Crippen LogP contribution in [0.4, 0.5) is 14.5 Å². The smallest absolute Gasteiger partial charge is 0.264 e. The van der Waals surface area contributed by atoms with Crippen LogP contribution in [0, 0.1) is 22.7 Å². The lowest BCUT2D eigenvalue weighted by Crippen LogP contribution is -2.55. The number of nitrogens with zero attached hydrogens (tertiary/aromatic N) is 4. The van der Waals surface area contributed by atoms with Gasteiger partial charge in [0.1, 0.15) is 5.84 Å². The van der Waals surface area contributed by atoms with Crippen molar-refractivity contribution in [2.45, 2.75) is 90.5 Å². The number of benzene rings is 1. The van der Waals surface area contributed by atoms with Crippen LogP contribution in [0.2, 0.25) is 0 Å². The Balaban J connectivity index is 1.21. The number of aromatic nitrogens is 2. The number of hydrogen-bond donors (Lipinski definition) is 3. The standard InChI is InChI=1S/C37H53F2N7/c1-5-25-18-30(28-20-42-44(4)21-28)31(35(38)39)19-34(25)46(7-3)36(40)32-22-45(6-2)17-14-33(32)43-29-10-8-26(9-11-29)27-12-15-37(16-13-27)23-41-24-37/h6,18-21,26-27,29,35,40-41,43H,2,5,7-17,22-24H2,1,3-4H3. The third kappa shape index (κ3) is 6.62. The van der Waals surface area contributed by atoms with E-state index in [1.54, 1.807) is 30.2 Å². The molecule has 1 aromatic heterocycles. The Hall–Kier alpha value is -3.20. The number of amidine groups is 1. The van der Waals surface area contributed by atoms with Crippen LogP contribution in [0.1, 0.15) is 89.2 Å². The highest BCUT2D eigenvalue weighted by atomic mass is 19.3. The van der Waals surface area contributed by atoms with Crippen molar-refractivity contribution >= 4 is 11.5 Å². The molecule has 0 amide bonds. The Kier molecular flexibility index (Phi) is 9.88. The van der Waals surface area contributed by atoms with Crippen molar-refractivity contribution in [3.63, 3.8) is 0 Å². The Morgan fingerprint density at radius 2 is 1.87 bits per heavy atom. The third-order valence-corrected chi connectivity index (χ3v) is 11.6. The van der Waals surface area contributed by atoms with E-state index in [1.807, 2.05) is 31.0 Å². The zero-order valence-electron chi connectivity index (χ0n) is 28.1. The summed E-state index contributed by atoms with van der Waals surface area (Å²) in [4.78, 5) is 4.08. The molecular weight excluding hydrogens is 580 g/mol. The first-order valence-corrected chi connectivity index (χ1v) is 17.6. The van der Waals surface area contributed by atoms with E-state index in [9.17, 15) is 14.2 Å². The predicted molar refractivity (Wildman–Crippen MR) is 183 cm³/mol. The maximum absolute atomic E-state index is 14.5. The van der Waals surface area contributed by atoms with Crippen LogP contribution < -0.4 is 15.5 Å². The number of alkyl halides is 2. The second-order valence-electron chi connectivity index (χ2n) is 14.3.